The smallest absolute Gasteiger partial charge is 0.294 e. The maximum atomic E-state index is 11.1. The van der Waals surface area contributed by atoms with Crippen LogP contribution in [0.5, 0.6) is 17.2 Å². The van der Waals surface area contributed by atoms with E-state index >= 15 is 0 Å². The molecule has 5 N–H and O–H groups in total. The molecule has 3 rings (SSSR count). The number of benzene rings is 1. The summed E-state index contributed by atoms with van der Waals surface area (Å²) in [4.78, 5) is -0.261. The van der Waals surface area contributed by atoms with Crippen LogP contribution in [0.2, 0.25) is 0 Å². The van der Waals surface area contributed by atoms with Crippen LogP contribution in [0.15, 0.2) is 33.9 Å². The summed E-state index contributed by atoms with van der Waals surface area (Å²) in [5, 5.41) is 13.5. The highest BCUT2D eigenvalue weighted by molar-refractivity contribution is 7.85. The second-order valence-corrected chi connectivity index (χ2v) is 6.79. The molecular weight excluding hydrogens is 330 g/mol. The molecular formula is C13H15NO6S2. The zero-order valence-electron chi connectivity index (χ0n) is 11.4. The molecule has 9 heteroatoms. The van der Waals surface area contributed by atoms with Crippen LogP contribution < -0.4 is 15.6 Å². The van der Waals surface area contributed by atoms with Gasteiger partial charge in [0.25, 0.3) is 10.1 Å². The van der Waals surface area contributed by atoms with Gasteiger partial charge in [0.1, 0.15) is 18.5 Å². The van der Waals surface area contributed by atoms with Crippen LogP contribution in [-0.2, 0) is 16.5 Å². The molecule has 0 fully saturated rings. The molecule has 1 aromatic carbocycles. The number of hydrogen-bond donors (Lipinski definition) is 3. The third-order valence-corrected chi connectivity index (χ3v) is 4.66. The zero-order valence-corrected chi connectivity index (χ0v) is 13.1. The molecule has 1 atom stereocenters. The van der Waals surface area contributed by atoms with E-state index < -0.39 is 10.1 Å². The molecule has 0 radical (unpaired) electrons. The number of ether oxygens (including phenoxy) is 2. The van der Waals surface area contributed by atoms with Crippen LogP contribution >= 0.6 is 11.3 Å². The highest BCUT2D eigenvalue weighted by atomic mass is 32.2. The Hall–Kier alpha value is -1.81. The Balaban J connectivity index is 0.00000176. The minimum atomic E-state index is -4.30. The molecule has 2 heterocycles. The molecule has 22 heavy (non-hydrogen) atoms. The van der Waals surface area contributed by atoms with Gasteiger partial charge in [-0.3, -0.25) is 4.55 Å². The van der Waals surface area contributed by atoms with E-state index in [2.05, 4.69) is 0 Å². The molecule has 0 saturated carbocycles. The summed E-state index contributed by atoms with van der Waals surface area (Å²) in [6, 6.07) is 3.61. The summed E-state index contributed by atoms with van der Waals surface area (Å²) in [6.07, 6.45) is -0.0700. The molecule has 0 bridgehead atoms. The van der Waals surface area contributed by atoms with Crippen LogP contribution in [-0.4, -0.2) is 30.8 Å². The van der Waals surface area contributed by atoms with E-state index in [4.69, 9.17) is 14.0 Å². The highest BCUT2D eigenvalue weighted by Gasteiger charge is 2.23. The molecule has 1 unspecified atom stereocenters. The fraction of sp³-hybridized carbons (Fsp3) is 0.231. The van der Waals surface area contributed by atoms with Gasteiger partial charge < -0.3 is 20.7 Å². The zero-order chi connectivity index (χ0) is 15.0. The van der Waals surface area contributed by atoms with Gasteiger partial charge in [-0.2, -0.15) is 8.42 Å². The number of rotatable bonds is 3. The van der Waals surface area contributed by atoms with Gasteiger partial charge in [-0.25, -0.2) is 0 Å². The first-order chi connectivity index (χ1) is 9.93. The van der Waals surface area contributed by atoms with Gasteiger partial charge in [-0.15, -0.1) is 11.3 Å². The Labute approximate surface area is 131 Å². The Morgan fingerprint density at radius 2 is 2.00 bits per heavy atom. The Morgan fingerprint density at radius 1 is 1.27 bits per heavy atom. The van der Waals surface area contributed by atoms with E-state index in [1.807, 2.05) is 10.8 Å². The van der Waals surface area contributed by atoms with Crippen LogP contribution in [0.4, 0.5) is 0 Å². The van der Waals surface area contributed by atoms with Crippen molar-refractivity contribution in [1.82, 2.24) is 6.15 Å². The highest BCUT2D eigenvalue weighted by Crippen LogP contribution is 2.36. The molecule has 120 valence electrons. The molecule has 0 amide bonds. The standard InChI is InChI=1S/C13H12O6S2.H3N/c14-11-2-1-10(21(15,16)17)4-8(11)3-9-5-18-12-6-20-7-13(12)19-9;/h1-2,4,6-7,9,14H,3,5H2,(H,15,16,17);1H3. The number of phenolic OH excluding ortho intramolecular Hbond substituents is 1. The Kier molecular flexibility index (Phi) is 4.61. The third-order valence-electron chi connectivity index (χ3n) is 3.11. The predicted octanol–water partition coefficient (Wildman–Crippen LogP) is 2.24. The number of phenols is 1. The van der Waals surface area contributed by atoms with E-state index in [9.17, 15) is 13.5 Å². The van der Waals surface area contributed by atoms with Crippen molar-refractivity contribution < 1.29 is 27.6 Å². The summed E-state index contributed by atoms with van der Waals surface area (Å²) >= 11 is 1.46. The van der Waals surface area contributed by atoms with E-state index in [-0.39, 0.29) is 29.3 Å². The number of thiophene rings is 1. The monoisotopic (exact) mass is 345 g/mol. The summed E-state index contributed by atoms with van der Waals surface area (Å²) in [7, 11) is -4.30. The normalized spacial score (nSPS) is 16.9. The van der Waals surface area contributed by atoms with Crippen molar-refractivity contribution in [3.8, 4) is 17.2 Å². The summed E-state index contributed by atoms with van der Waals surface area (Å²) in [6.45, 7) is 0.305. The SMILES string of the molecule is N.O=S(=O)(O)c1ccc(O)c(CC2COc3cscc3O2)c1. The van der Waals surface area contributed by atoms with E-state index in [0.717, 1.165) is 6.07 Å². The van der Waals surface area contributed by atoms with Crippen LogP contribution in [0.25, 0.3) is 0 Å². The van der Waals surface area contributed by atoms with Crippen molar-refractivity contribution in [2.75, 3.05) is 6.61 Å². The maximum absolute atomic E-state index is 11.1. The Bertz CT molecular complexity index is 771. The summed E-state index contributed by atoms with van der Waals surface area (Å²) < 4.78 is 42.6. The largest absolute Gasteiger partial charge is 0.508 e. The summed E-state index contributed by atoms with van der Waals surface area (Å²) in [5.41, 5.74) is 0.373. The molecule has 7 nitrogen and oxygen atoms in total. The minimum absolute atomic E-state index is 0. The molecule has 0 spiro atoms. The van der Waals surface area contributed by atoms with Crippen molar-refractivity contribution in [2.45, 2.75) is 17.4 Å². The van der Waals surface area contributed by atoms with Gasteiger partial charge in [0.05, 0.1) is 4.90 Å². The lowest BCUT2D eigenvalue weighted by Crippen LogP contribution is -2.30. The molecule has 1 aromatic heterocycles. The quantitative estimate of drug-likeness (QED) is 0.728. The van der Waals surface area contributed by atoms with Crippen molar-refractivity contribution >= 4 is 21.5 Å². The fourth-order valence-electron chi connectivity index (χ4n) is 2.09. The maximum Gasteiger partial charge on any atom is 0.294 e. The number of hydrogen-bond acceptors (Lipinski definition) is 7. The second kappa shape index (κ2) is 6.13. The van der Waals surface area contributed by atoms with E-state index in [1.54, 1.807) is 0 Å². The van der Waals surface area contributed by atoms with Crippen LogP contribution in [0.3, 0.4) is 0 Å². The molecule has 1 aliphatic rings. The van der Waals surface area contributed by atoms with Gasteiger partial charge in [-0.1, -0.05) is 0 Å². The van der Waals surface area contributed by atoms with E-state index in [0.29, 0.717) is 23.7 Å². The van der Waals surface area contributed by atoms with Crippen molar-refractivity contribution in [3.05, 3.63) is 34.5 Å². The Morgan fingerprint density at radius 3 is 2.73 bits per heavy atom. The topological polar surface area (TPSA) is 128 Å². The first-order valence-electron chi connectivity index (χ1n) is 6.08. The van der Waals surface area contributed by atoms with Gasteiger partial charge in [0.2, 0.25) is 0 Å². The first-order valence-corrected chi connectivity index (χ1v) is 8.47. The lowest BCUT2D eigenvalue weighted by Gasteiger charge is -2.24. The lowest BCUT2D eigenvalue weighted by atomic mass is 10.1. The molecule has 2 aromatic rings. The second-order valence-electron chi connectivity index (χ2n) is 4.62. The predicted molar refractivity (Wildman–Crippen MR) is 80.9 cm³/mol. The third kappa shape index (κ3) is 3.33. The van der Waals surface area contributed by atoms with Crippen molar-refractivity contribution in [3.63, 3.8) is 0 Å². The number of aromatic hydroxyl groups is 1. The average molecular weight is 345 g/mol. The first kappa shape index (κ1) is 16.6. The minimum Gasteiger partial charge on any atom is -0.508 e. The van der Waals surface area contributed by atoms with Crippen molar-refractivity contribution in [2.24, 2.45) is 0 Å². The number of fused-ring (bicyclic) bond motifs is 1. The molecule has 0 saturated heterocycles. The van der Waals surface area contributed by atoms with E-state index in [1.165, 1.54) is 23.5 Å². The van der Waals surface area contributed by atoms with Gasteiger partial charge in [-0.05, 0) is 23.8 Å². The van der Waals surface area contributed by atoms with Crippen molar-refractivity contribution in [1.29, 1.82) is 0 Å². The lowest BCUT2D eigenvalue weighted by molar-refractivity contribution is 0.0922. The van der Waals surface area contributed by atoms with Crippen LogP contribution in [0.1, 0.15) is 5.56 Å². The average Bonchev–Trinajstić information content (AvgIpc) is 2.87. The van der Waals surface area contributed by atoms with Gasteiger partial charge >= 0.3 is 0 Å². The fourth-order valence-corrected chi connectivity index (χ4v) is 3.30. The van der Waals surface area contributed by atoms with Crippen LogP contribution in [0, 0.1) is 0 Å². The van der Waals surface area contributed by atoms with Gasteiger partial charge in [0, 0.05) is 17.2 Å². The van der Waals surface area contributed by atoms with Gasteiger partial charge in [0.15, 0.2) is 11.5 Å². The molecule has 0 aliphatic carbocycles. The molecule has 1 aliphatic heterocycles. The summed E-state index contributed by atoms with van der Waals surface area (Å²) in [5.74, 6) is 1.27.